The highest BCUT2D eigenvalue weighted by Crippen LogP contribution is 2.40. The van der Waals surface area contributed by atoms with Crippen molar-refractivity contribution < 1.29 is 27.9 Å². The van der Waals surface area contributed by atoms with E-state index in [9.17, 15) is 18.0 Å². The van der Waals surface area contributed by atoms with Crippen molar-refractivity contribution >= 4 is 39.0 Å². The second-order valence-electron chi connectivity index (χ2n) is 10.7. The monoisotopic (exact) mass is 537 g/mol. The lowest BCUT2D eigenvalue weighted by molar-refractivity contribution is 0.109. The second-order valence-corrected chi connectivity index (χ2v) is 13.7. The number of sulfone groups is 1. The number of hydrogen-bond acceptors (Lipinski definition) is 7. The quantitative estimate of drug-likeness (QED) is 0.401. The van der Waals surface area contributed by atoms with E-state index in [2.05, 4.69) is 15.6 Å². The van der Waals surface area contributed by atoms with Crippen LogP contribution in [0.1, 0.15) is 71.2 Å². The minimum atomic E-state index is -3.70. The molecule has 0 aliphatic heterocycles. The third kappa shape index (κ3) is 7.67. The van der Waals surface area contributed by atoms with Gasteiger partial charge in [-0.15, -0.1) is 11.3 Å². The molecule has 0 bridgehead atoms. The van der Waals surface area contributed by atoms with Gasteiger partial charge in [-0.1, -0.05) is 26.8 Å². The van der Waals surface area contributed by atoms with Crippen molar-refractivity contribution in [2.75, 3.05) is 11.1 Å². The Morgan fingerprint density at radius 3 is 2.44 bits per heavy atom. The lowest BCUT2D eigenvalue weighted by Gasteiger charge is -2.28. The molecule has 198 valence electrons. The Balaban J connectivity index is 1.81. The van der Waals surface area contributed by atoms with Crippen molar-refractivity contribution in [3.05, 3.63) is 29.4 Å². The van der Waals surface area contributed by atoms with Gasteiger partial charge in [-0.25, -0.2) is 23.0 Å². The van der Waals surface area contributed by atoms with Crippen LogP contribution < -0.4 is 10.6 Å². The van der Waals surface area contributed by atoms with Gasteiger partial charge < -0.3 is 15.2 Å². The van der Waals surface area contributed by atoms with Gasteiger partial charge in [0, 0.05) is 29.4 Å². The first-order valence-corrected chi connectivity index (χ1v) is 14.5. The topological polar surface area (TPSA) is 135 Å². The molecule has 11 heteroatoms. The lowest BCUT2D eigenvalue weighted by atomic mass is 9.86. The Kier molecular flexibility index (Phi) is 8.66. The Hall–Kier alpha value is -2.66. The molecule has 1 aromatic heterocycles. The van der Waals surface area contributed by atoms with Gasteiger partial charge in [-0.2, -0.15) is 0 Å². The number of nitrogens with one attached hydrogen (secondary N) is 2. The molecule has 3 rings (SSSR count). The number of nitrogens with zero attached hydrogens (tertiary/aromatic N) is 1. The summed E-state index contributed by atoms with van der Waals surface area (Å²) in [5, 5.41) is 15.2. The number of carbonyl (C=O) groups is 2. The average molecular weight is 538 g/mol. The Morgan fingerprint density at radius 1 is 1.19 bits per heavy atom. The standard InChI is InChI=1S/C25H35N3O6S2/c1-15(2)34-24(31)28-17-8-6-16(7-9-17)22-26-13-20(35-22)19-11-10-18(27-23(29)30)12-21(19)36(32,33)14-25(3,4)5/h10-13,15-17,27H,6-9,14H2,1-5H3,(H,28,31)(H,29,30). The van der Waals surface area contributed by atoms with Gasteiger partial charge in [0.1, 0.15) is 0 Å². The smallest absolute Gasteiger partial charge is 0.409 e. The summed E-state index contributed by atoms with van der Waals surface area (Å²) in [5.74, 6) is 0.149. The Morgan fingerprint density at radius 2 is 1.86 bits per heavy atom. The molecule has 1 saturated carbocycles. The number of amides is 2. The van der Waals surface area contributed by atoms with E-state index < -0.39 is 27.4 Å². The fourth-order valence-electron chi connectivity index (χ4n) is 4.33. The number of thiazole rings is 1. The Bertz CT molecular complexity index is 1190. The fourth-order valence-corrected chi connectivity index (χ4v) is 7.64. The van der Waals surface area contributed by atoms with E-state index in [-0.39, 0.29) is 34.4 Å². The van der Waals surface area contributed by atoms with Crippen molar-refractivity contribution in [3.8, 4) is 10.4 Å². The molecule has 1 heterocycles. The van der Waals surface area contributed by atoms with Crippen LogP contribution in [0.15, 0.2) is 29.3 Å². The van der Waals surface area contributed by atoms with Crippen LogP contribution in [0.2, 0.25) is 0 Å². The number of rotatable bonds is 7. The number of alkyl carbamates (subject to hydrolysis) is 1. The fraction of sp³-hybridized carbons (Fsp3) is 0.560. The van der Waals surface area contributed by atoms with E-state index >= 15 is 0 Å². The van der Waals surface area contributed by atoms with Crippen LogP contribution in [-0.4, -0.2) is 48.6 Å². The first kappa shape index (κ1) is 27.9. The van der Waals surface area contributed by atoms with E-state index in [4.69, 9.17) is 9.84 Å². The predicted octanol–water partition coefficient (Wildman–Crippen LogP) is 5.88. The first-order valence-electron chi connectivity index (χ1n) is 12.0. The molecule has 0 radical (unpaired) electrons. The normalized spacial score (nSPS) is 18.6. The van der Waals surface area contributed by atoms with Crippen LogP contribution in [0.25, 0.3) is 10.4 Å². The van der Waals surface area contributed by atoms with Crippen LogP contribution >= 0.6 is 11.3 Å². The van der Waals surface area contributed by atoms with Crippen LogP contribution in [0.5, 0.6) is 0 Å². The number of carbonyl (C=O) groups excluding carboxylic acids is 1. The zero-order chi connectivity index (χ0) is 26.7. The van der Waals surface area contributed by atoms with Gasteiger partial charge in [0.2, 0.25) is 0 Å². The van der Waals surface area contributed by atoms with Crippen LogP contribution in [0, 0.1) is 5.41 Å². The van der Waals surface area contributed by atoms with Gasteiger partial charge >= 0.3 is 12.2 Å². The van der Waals surface area contributed by atoms with Crippen molar-refractivity contribution in [2.24, 2.45) is 5.41 Å². The zero-order valence-electron chi connectivity index (χ0n) is 21.3. The minimum Gasteiger partial charge on any atom is -0.465 e. The summed E-state index contributed by atoms with van der Waals surface area (Å²) < 4.78 is 31.9. The summed E-state index contributed by atoms with van der Waals surface area (Å²) in [4.78, 5) is 28.4. The molecule has 9 nitrogen and oxygen atoms in total. The minimum absolute atomic E-state index is 0.0651. The number of ether oxygens (including phenoxy) is 1. The van der Waals surface area contributed by atoms with Crippen molar-refractivity contribution in [1.82, 2.24) is 10.3 Å². The van der Waals surface area contributed by atoms with Crippen LogP contribution in [0.4, 0.5) is 15.3 Å². The maximum absolute atomic E-state index is 13.3. The largest absolute Gasteiger partial charge is 0.465 e. The summed E-state index contributed by atoms with van der Waals surface area (Å²) in [6.07, 6.45) is 3.22. The van der Waals surface area contributed by atoms with Crippen molar-refractivity contribution in [2.45, 2.75) is 83.3 Å². The van der Waals surface area contributed by atoms with Crippen molar-refractivity contribution in [1.29, 1.82) is 0 Å². The molecule has 0 spiro atoms. The van der Waals surface area contributed by atoms with Crippen LogP contribution in [-0.2, 0) is 14.6 Å². The highest BCUT2D eigenvalue weighted by Gasteiger charge is 2.29. The molecule has 3 N–H and O–H groups in total. The van der Waals surface area contributed by atoms with Crippen LogP contribution in [0.3, 0.4) is 0 Å². The van der Waals surface area contributed by atoms with E-state index in [1.807, 2.05) is 34.6 Å². The molecular formula is C25H35N3O6S2. The molecule has 1 fully saturated rings. The summed E-state index contributed by atoms with van der Waals surface area (Å²) in [6, 6.07) is 4.65. The van der Waals surface area contributed by atoms with E-state index in [0.717, 1.165) is 35.6 Å². The maximum Gasteiger partial charge on any atom is 0.409 e. The Labute approximate surface area is 216 Å². The van der Waals surface area contributed by atoms with Gasteiger partial charge in [-0.3, -0.25) is 5.32 Å². The third-order valence-electron chi connectivity index (χ3n) is 5.72. The van der Waals surface area contributed by atoms with E-state index in [1.165, 1.54) is 17.4 Å². The van der Waals surface area contributed by atoms with Gasteiger partial charge in [0.15, 0.2) is 9.84 Å². The summed E-state index contributed by atoms with van der Waals surface area (Å²) >= 11 is 1.46. The summed E-state index contributed by atoms with van der Waals surface area (Å²) in [7, 11) is -3.70. The molecular weight excluding hydrogens is 502 g/mol. The second kappa shape index (κ2) is 11.2. The SMILES string of the molecule is CC(C)OC(=O)NC1CCC(c2ncc(-c3ccc(NC(=O)O)cc3S(=O)(=O)CC(C)(C)C)s2)CC1. The van der Waals surface area contributed by atoms with Gasteiger partial charge in [0.25, 0.3) is 0 Å². The molecule has 0 atom stereocenters. The number of anilines is 1. The number of carboxylic acid groups (broad SMARTS) is 1. The molecule has 36 heavy (non-hydrogen) atoms. The molecule has 1 aromatic carbocycles. The number of aromatic nitrogens is 1. The third-order valence-corrected chi connectivity index (χ3v) is 9.17. The molecule has 0 saturated heterocycles. The van der Waals surface area contributed by atoms with Gasteiger partial charge in [-0.05, 0) is 57.1 Å². The lowest BCUT2D eigenvalue weighted by Crippen LogP contribution is -2.38. The predicted molar refractivity (Wildman–Crippen MR) is 140 cm³/mol. The highest BCUT2D eigenvalue weighted by molar-refractivity contribution is 7.91. The summed E-state index contributed by atoms with van der Waals surface area (Å²) in [6.45, 7) is 9.17. The zero-order valence-corrected chi connectivity index (χ0v) is 23.0. The number of benzene rings is 1. The first-order chi connectivity index (χ1) is 16.7. The average Bonchev–Trinajstić information content (AvgIpc) is 3.21. The van der Waals surface area contributed by atoms with E-state index in [0.29, 0.717) is 5.56 Å². The molecule has 2 aromatic rings. The number of hydrogen-bond donors (Lipinski definition) is 3. The molecule has 0 unspecified atom stereocenters. The maximum atomic E-state index is 13.3. The molecule has 1 aliphatic rings. The summed E-state index contributed by atoms with van der Waals surface area (Å²) in [5.41, 5.74) is 0.246. The van der Waals surface area contributed by atoms with Crippen molar-refractivity contribution in [3.63, 3.8) is 0 Å². The van der Waals surface area contributed by atoms with Gasteiger partial charge in [0.05, 0.1) is 26.6 Å². The highest BCUT2D eigenvalue weighted by atomic mass is 32.2. The molecule has 1 aliphatic carbocycles. The molecule has 2 amide bonds. The van der Waals surface area contributed by atoms with E-state index in [1.54, 1.807) is 18.3 Å².